The van der Waals surface area contributed by atoms with E-state index in [4.69, 9.17) is 10.7 Å². The Hall–Kier alpha value is -0.830. The van der Waals surface area contributed by atoms with E-state index in [0.29, 0.717) is 12.0 Å². The first-order valence-electron chi connectivity index (χ1n) is 5.92. The Balaban J connectivity index is 1.91. The molecule has 1 aromatic heterocycles. The van der Waals surface area contributed by atoms with E-state index in [1.807, 2.05) is 0 Å². The molecule has 3 heteroatoms. The van der Waals surface area contributed by atoms with Crippen LogP contribution in [-0.4, -0.2) is 15.6 Å². The second-order valence-electron chi connectivity index (χ2n) is 5.56. The highest BCUT2D eigenvalue weighted by atomic mass is 15.1. The topological polar surface area (TPSA) is 43.8 Å². The smallest absolute Gasteiger partial charge is 0.108 e. The maximum atomic E-state index is 6.08. The van der Waals surface area contributed by atoms with Gasteiger partial charge in [-0.2, -0.15) is 0 Å². The number of hydrogen-bond acceptors (Lipinski definition) is 2. The second-order valence-corrected chi connectivity index (χ2v) is 5.56. The number of aryl methyl sites for hydroxylation is 2. The van der Waals surface area contributed by atoms with Crippen molar-refractivity contribution in [1.29, 1.82) is 0 Å². The molecule has 1 aliphatic heterocycles. The predicted molar refractivity (Wildman–Crippen MR) is 59.7 cm³/mol. The van der Waals surface area contributed by atoms with Gasteiger partial charge in [-0.1, -0.05) is 13.8 Å². The number of rotatable bonds is 1. The molecule has 2 heterocycles. The minimum atomic E-state index is 0.254. The minimum Gasteiger partial charge on any atom is -0.335 e. The number of hydrogen-bond donors (Lipinski definition) is 1. The van der Waals surface area contributed by atoms with Gasteiger partial charge in [-0.3, -0.25) is 0 Å². The maximum absolute atomic E-state index is 6.08. The third-order valence-corrected chi connectivity index (χ3v) is 4.16. The summed E-state index contributed by atoms with van der Waals surface area (Å²) in [5.74, 6) is 1.75. The molecule has 3 nitrogen and oxygen atoms in total. The fourth-order valence-corrected chi connectivity index (χ4v) is 2.83. The van der Waals surface area contributed by atoms with E-state index in [-0.39, 0.29) is 5.41 Å². The first-order valence-corrected chi connectivity index (χ1v) is 5.92. The van der Waals surface area contributed by atoms with Crippen molar-refractivity contribution in [1.82, 2.24) is 9.55 Å². The molecule has 0 unspecified atom stereocenters. The molecular weight excluding hydrogens is 186 g/mol. The van der Waals surface area contributed by atoms with Crippen molar-refractivity contribution in [2.75, 3.05) is 0 Å². The van der Waals surface area contributed by atoms with Gasteiger partial charge in [-0.25, -0.2) is 4.98 Å². The average molecular weight is 205 g/mol. The Bertz CT molecular complexity index is 368. The Kier molecular flexibility index (Phi) is 1.78. The zero-order valence-corrected chi connectivity index (χ0v) is 9.53. The Morgan fingerprint density at radius 3 is 2.80 bits per heavy atom. The predicted octanol–water partition coefficient (Wildman–Crippen LogP) is 1.67. The summed E-state index contributed by atoms with van der Waals surface area (Å²) in [6, 6.07) is 0.300. The largest absolute Gasteiger partial charge is 0.335 e. The number of fused-ring (bicyclic) bond motifs is 1. The molecule has 1 saturated carbocycles. The Morgan fingerprint density at radius 2 is 2.20 bits per heavy atom. The molecule has 1 aromatic rings. The summed E-state index contributed by atoms with van der Waals surface area (Å²) in [6.45, 7) is 5.62. The molecule has 1 fully saturated rings. The molecule has 0 bridgehead atoms. The first-order chi connectivity index (χ1) is 7.10. The fraction of sp³-hybridized carbons (Fsp3) is 0.750. The summed E-state index contributed by atoms with van der Waals surface area (Å²) in [5, 5.41) is 0. The SMILES string of the molecule is CC1(C)[C@H](N)[C@H]1c1cn2c(n1)CCCC2. The molecule has 0 spiro atoms. The summed E-state index contributed by atoms with van der Waals surface area (Å²) in [7, 11) is 0. The normalized spacial score (nSPS) is 32.5. The quantitative estimate of drug-likeness (QED) is 0.758. The van der Waals surface area contributed by atoms with Crippen molar-refractivity contribution < 1.29 is 0 Å². The lowest BCUT2D eigenvalue weighted by Crippen LogP contribution is -2.08. The van der Waals surface area contributed by atoms with Crippen LogP contribution >= 0.6 is 0 Å². The van der Waals surface area contributed by atoms with Gasteiger partial charge in [0.25, 0.3) is 0 Å². The standard InChI is InChI=1S/C12H19N3/c1-12(2)10(11(12)13)8-7-15-6-4-3-5-9(15)14-8/h7,10-11H,3-6,13H2,1-2H3/t10-,11-/m1/s1. The van der Waals surface area contributed by atoms with E-state index >= 15 is 0 Å². The second kappa shape index (κ2) is 2.85. The summed E-state index contributed by atoms with van der Waals surface area (Å²) < 4.78 is 2.32. The number of imidazole rings is 1. The van der Waals surface area contributed by atoms with E-state index in [9.17, 15) is 0 Å². The van der Waals surface area contributed by atoms with E-state index in [1.54, 1.807) is 0 Å². The number of nitrogens with zero attached hydrogens (tertiary/aromatic N) is 2. The van der Waals surface area contributed by atoms with Gasteiger partial charge in [0.15, 0.2) is 0 Å². The zero-order chi connectivity index (χ0) is 10.6. The van der Waals surface area contributed by atoms with E-state index < -0.39 is 0 Å². The highest BCUT2D eigenvalue weighted by molar-refractivity contribution is 5.29. The molecule has 2 atom stereocenters. The van der Waals surface area contributed by atoms with Gasteiger partial charge >= 0.3 is 0 Å². The number of aromatic nitrogens is 2. The summed E-state index contributed by atoms with van der Waals surface area (Å²) in [5.41, 5.74) is 7.57. The van der Waals surface area contributed by atoms with Crippen LogP contribution in [0.1, 0.15) is 44.1 Å². The van der Waals surface area contributed by atoms with E-state index in [0.717, 1.165) is 13.0 Å². The van der Waals surface area contributed by atoms with Gasteiger partial charge in [0, 0.05) is 31.1 Å². The van der Waals surface area contributed by atoms with Gasteiger partial charge in [0.05, 0.1) is 5.69 Å². The minimum absolute atomic E-state index is 0.254. The molecule has 1 aliphatic carbocycles. The Morgan fingerprint density at radius 1 is 1.47 bits per heavy atom. The van der Waals surface area contributed by atoms with Crippen molar-refractivity contribution in [3.63, 3.8) is 0 Å². The van der Waals surface area contributed by atoms with Crippen molar-refractivity contribution in [3.8, 4) is 0 Å². The molecule has 0 amide bonds. The molecular formula is C12H19N3. The van der Waals surface area contributed by atoms with Gasteiger partial charge in [-0.05, 0) is 18.3 Å². The third kappa shape index (κ3) is 1.26. The van der Waals surface area contributed by atoms with Crippen LogP contribution in [0.2, 0.25) is 0 Å². The molecule has 82 valence electrons. The van der Waals surface area contributed by atoms with Crippen LogP contribution in [0.4, 0.5) is 0 Å². The average Bonchev–Trinajstić information content (AvgIpc) is 2.61. The number of nitrogens with two attached hydrogens (primary N) is 1. The van der Waals surface area contributed by atoms with Gasteiger partial charge < -0.3 is 10.3 Å². The highest BCUT2D eigenvalue weighted by Crippen LogP contribution is 2.56. The fourth-order valence-electron chi connectivity index (χ4n) is 2.83. The third-order valence-electron chi connectivity index (χ3n) is 4.16. The summed E-state index contributed by atoms with van der Waals surface area (Å²) in [6.07, 6.45) is 5.95. The van der Waals surface area contributed by atoms with Crippen LogP contribution in [-0.2, 0) is 13.0 Å². The molecule has 2 N–H and O–H groups in total. The van der Waals surface area contributed by atoms with Crippen LogP contribution in [0.5, 0.6) is 0 Å². The van der Waals surface area contributed by atoms with Crippen LogP contribution in [0, 0.1) is 5.41 Å². The van der Waals surface area contributed by atoms with Crippen molar-refractivity contribution in [3.05, 3.63) is 17.7 Å². The van der Waals surface area contributed by atoms with E-state index in [1.165, 1.54) is 24.4 Å². The first kappa shape index (κ1) is 9.40. The lowest BCUT2D eigenvalue weighted by atomic mass is 10.1. The Labute approximate surface area is 90.7 Å². The molecule has 0 saturated heterocycles. The van der Waals surface area contributed by atoms with Crippen molar-refractivity contribution in [2.24, 2.45) is 11.1 Å². The lowest BCUT2D eigenvalue weighted by Gasteiger charge is -2.11. The van der Waals surface area contributed by atoms with Crippen LogP contribution in [0.3, 0.4) is 0 Å². The molecule has 0 radical (unpaired) electrons. The molecule has 2 aliphatic rings. The van der Waals surface area contributed by atoms with Crippen LogP contribution in [0.15, 0.2) is 6.20 Å². The molecule has 15 heavy (non-hydrogen) atoms. The van der Waals surface area contributed by atoms with Crippen LogP contribution < -0.4 is 5.73 Å². The van der Waals surface area contributed by atoms with Gasteiger partial charge in [0.2, 0.25) is 0 Å². The summed E-state index contributed by atoms with van der Waals surface area (Å²) in [4.78, 5) is 4.74. The van der Waals surface area contributed by atoms with Crippen molar-refractivity contribution >= 4 is 0 Å². The molecule has 0 aromatic carbocycles. The van der Waals surface area contributed by atoms with Crippen LogP contribution in [0.25, 0.3) is 0 Å². The zero-order valence-electron chi connectivity index (χ0n) is 9.53. The van der Waals surface area contributed by atoms with Gasteiger partial charge in [-0.15, -0.1) is 0 Å². The summed E-state index contributed by atoms with van der Waals surface area (Å²) >= 11 is 0. The lowest BCUT2D eigenvalue weighted by molar-refractivity contribution is 0.522. The monoisotopic (exact) mass is 205 g/mol. The van der Waals surface area contributed by atoms with E-state index in [2.05, 4.69) is 24.6 Å². The maximum Gasteiger partial charge on any atom is 0.108 e. The van der Waals surface area contributed by atoms with Crippen molar-refractivity contribution in [2.45, 2.75) is 51.6 Å². The molecule has 3 rings (SSSR count). The van der Waals surface area contributed by atoms with Gasteiger partial charge in [0.1, 0.15) is 5.82 Å². The highest BCUT2D eigenvalue weighted by Gasteiger charge is 2.57.